The van der Waals surface area contributed by atoms with E-state index in [9.17, 15) is 10.0 Å². The highest BCUT2D eigenvalue weighted by Gasteiger charge is 2.24. The Labute approximate surface area is 137 Å². The minimum Gasteiger partial charge on any atom is -0.618 e. The first-order valence-corrected chi connectivity index (χ1v) is 7.52. The molecule has 1 heterocycles. The Morgan fingerprint density at radius 3 is 2.50 bits per heavy atom. The number of aromatic nitrogens is 2. The Kier molecular flexibility index (Phi) is 3.20. The molecule has 3 aromatic carbocycles. The Morgan fingerprint density at radius 2 is 1.67 bits per heavy atom. The maximum absolute atomic E-state index is 12.9. The topological polar surface area (TPSA) is 58.2 Å². The summed E-state index contributed by atoms with van der Waals surface area (Å²) in [5.41, 5.74) is 0.963. The second-order valence-corrected chi connectivity index (χ2v) is 5.44. The van der Waals surface area contributed by atoms with E-state index < -0.39 is 5.56 Å². The zero-order valence-electron chi connectivity index (χ0n) is 13.0. The Balaban J connectivity index is 2.20. The van der Waals surface area contributed by atoms with Crippen LogP contribution in [-0.4, -0.2) is 11.8 Å². The molecule has 0 amide bonds. The van der Waals surface area contributed by atoms with Crippen molar-refractivity contribution < 1.29 is 9.57 Å². The van der Waals surface area contributed by atoms with Crippen molar-refractivity contribution in [1.29, 1.82) is 0 Å². The second kappa shape index (κ2) is 5.38. The van der Waals surface area contributed by atoms with Crippen LogP contribution in [0.15, 0.2) is 71.5 Å². The molecule has 0 bridgehead atoms. The predicted molar refractivity (Wildman–Crippen MR) is 92.6 cm³/mol. The molecular formula is C19H14N2O3. The molecule has 0 radical (unpaired) electrons. The van der Waals surface area contributed by atoms with E-state index in [4.69, 9.17) is 4.84 Å². The van der Waals surface area contributed by atoms with Gasteiger partial charge in [0, 0.05) is 6.07 Å². The number of fused-ring (bicyclic) bond motifs is 2. The van der Waals surface area contributed by atoms with Crippen molar-refractivity contribution in [3.05, 3.63) is 82.3 Å². The molecule has 0 aliphatic rings. The molecule has 1 aromatic heterocycles. The largest absolute Gasteiger partial charge is 0.618 e. The van der Waals surface area contributed by atoms with Gasteiger partial charge in [-0.25, -0.2) is 0 Å². The van der Waals surface area contributed by atoms with Crippen LogP contribution in [0.5, 0.6) is 0 Å². The van der Waals surface area contributed by atoms with E-state index >= 15 is 0 Å². The third kappa shape index (κ3) is 1.95. The number of hydrogen-bond donors (Lipinski definition) is 0. The molecule has 118 valence electrons. The van der Waals surface area contributed by atoms with Crippen LogP contribution >= 0.6 is 0 Å². The summed E-state index contributed by atoms with van der Waals surface area (Å²) in [4.78, 5) is 18.1. The van der Waals surface area contributed by atoms with Gasteiger partial charge in [0.05, 0.1) is 5.56 Å². The third-order valence-corrected chi connectivity index (χ3v) is 4.14. The summed E-state index contributed by atoms with van der Waals surface area (Å²) in [6, 6.07) is 20.1. The van der Waals surface area contributed by atoms with Gasteiger partial charge in [-0.05, 0) is 22.9 Å². The summed E-state index contributed by atoms with van der Waals surface area (Å²) in [6.45, 7) is 0. The molecule has 0 fully saturated rings. The van der Waals surface area contributed by atoms with Gasteiger partial charge in [0.1, 0.15) is 7.11 Å². The number of para-hydroxylation sites is 2. The third-order valence-electron chi connectivity index (χ3n) is 4.14. The SMILES string of the molecule is COn1c(=O)c(-c2cccc3ccccc23)[n+]([O-])c2ccccc21. The fourth-order valence-electron chi connectivity index (χ4n) is 3.06. The molecule has 5 nitrogen and oxygen atoms in total. The highest BCUT2D eigenvalue weighted by atomic mass is 16.7. The summed E-state index contributed by atoms with van der Waals surface area (Å²) in [6.07, 6.45) is 0. The summed E-state index contributed by atoms with van der Waals surface area (Å²) < 4.78 is 1.84. The van der Waals surface area contributed by atoms with Crippen LogP contribution in [0.25, 0.3) is 33.1 Å². The molecule has 0 saturated carbocycles. The normalized spacial score (nSPS) is 11.0. The number of hydrogen-bond acceptors (Lipinski definition) is 3. The van der Waals surface area contributed by atoms with E-state index in [1.807, 2.05) is 36.4 Å². The smallest absolute Gasteiger partial charge is 0.357 e. The van der Waals surface area contributed by atoms with Crippen molar-refractivity contribution in [3.63, 3.8) is 0 Å². The van der Waals surface area contributed by atoms with E-state index in [2.05, 4.69) is 0 Å². The van der Waals surface area contributed by atoms with Gasteiger partial charge in [0.2, 0.25) is 5.52 Å². The van der Waals surface area contributed by atoms with Crippen molar-refractivity contribution in [2.45, 2.75) is 0 Å². The van der Waals surface area contributed by atoms with E-state index in [0.717, 1.165) is 15.5 Å². The fraction of sp³-hybridized carbons (Fsp3) is 0.0526. The Hall–Kier alpha value is -3.34. The van der Waals surface area contributed by atoms with Gasteiger partial charge in [-0.15, -0.1) is 4.73 Å². The van der Waals surface area contributed by atoms with Crippen LogP contribution in [0, 0.1) is 5.21 Å². The van der Waals surface area contributed by atoms with Crippen LogP contribution in [-0.2, 0) is 0 Å². The molecule has 0 unspecified atom stereocenters. The highest BCUT2D eigenvalue weighted by molar-refractivity contribution is 5.95. The van der Waals surface area contributed by atoms with Gasteiger partial charge in [0.15, 0.2) is 5.52 Å². The van der Waals surface area contributed by atoms with Gasteiger partial charge in [-0.3, -0.25) is 4.79 Å². The average molecular weight is 318 g/mol. The van der Waals surface area contributed by atoms with Crippen LogP contribution in [0.4, 0.5) is 0 Å². The lowest BCUT2D eigenvalue weighted by molar-refractivity contribution is -0.566. The van der Waals surface area contributed by atoms with Crippen LogP contribution in [0.2, 0.25) is 0 Å². The van der Waals surface area contributed by atoms with Crippen molar-refractivity contribution in [2.24, 2.45) is 0 Å². The lowest BCUT2D eigenvalue weighted by Gasteiger charge is -2.13. The Bertz CT molecular complexity index is 1130. The molecule has 0 spiro atoms. The summed E-state index contributed by atoms with van der Waals surface area (Å²) in [7, 11) is 1.41. The molecular weight excluding hydrogens is 304 g/mol. The molecule has 24 heavy (non-hydrogen) atoms. The van der Waals surface area contributed by atoms with Crippen molar-refractivity contribution >= 4 is 21.8 Å². The molecule has 5 heteroatoms. The van der Waals surface area contributed by atoms with Crippen LogP contribution < -0.4 is 15.1 Å². The van der Waals surface area contributed by atoms with Gasteiger partial charge >= 0.3 is 5.56 Å². The van der Waals surface area contributed by atoms with E-state index in [-0.39, 0.29) is 5.69 Å². The minimum atomic E-state index is -0.484. The Morgan fingerprint density at radius 1 is 0.958 bits per heavy atom. The van der Waals surface area contributed by atoms with Crippen molar-refractivity contribution in [3.8, 4) is 11.3 Å². The summed E-state index contributed by atoms with van der Waals surface area (Å²) >= 11 is 0. The van der Waals surface area contributed by atoms with E-state index in [0.29, 0.717) is 21.3 Å². The predicted octanol–water partition coefficient (Wildman–Crippen LogP) is 2.51. The number of nitrogens with zero attached hydrogens (tertiary/aromatic N) is 2. The lowest BCUT2D eigenvalue weighted by Crippen LogP contribution is -2.42. The minimum absolute atomic E-state index is 0.0485. The second-order valence-electron chi connectivity index (χ2n) is 5.44. The van der Waals surface area contributed by atoms with Crippen molar-refractivity contribution in [2.75, 3.05) is 7.11 Å². The van der Waals surface area contributed by atoms with Crippen LogP contribution in [0.1, 0.15) is 0 Å². The molecule has 4 aromatic rings. The van der Waals surface area contributed by atoms with Crippen LogP contribution in [0.3, 0.4) is 0 Å². The fourth-order valence-corrected chi connectivity index (χ4v) is 3.06. The monoisotopic (exact) mass is 318 g/mol. The van der Waals surface area contributed by atoms with Gasteiger partial charge < -0.3 is 10.0 Å². The number of rotatable bonds is 2. The van der Waals surface area contributed by atoms with Crippen molar-refractivity contribution in [1.82, 2.24) is 4.73 Å². The maximum Gasteiger partial charge on any atom is 0.357 e. The molecule has 4 rings (SSSR count). The average Bonchev–Trinajstić information content (AvgIpc) is 2.62. The maximum atomic E-state index is 12.9. The van der Waals surface area contributed by atoms with E-state index in [1.165, 1.54) is 7.11 Å². The van der Waals surface area contributed by atoms with Gasteiger partial charge in [-0.1, -0.05) is 48.5 Å². The summed E-state index contributed by atoms with van der Waals surface area (Å²) in [5, 5.41) is 14.7. The molecule has 0 saturated heterocycles. The standard InChI is InChI=1S/C19H14N2O3/c1-24-21-17-12-5-4-11-16(17)20(23)18(19(21)22)15-10-6-8-13-7-2-3-9-14(13)15/h2-12H,1H3. The first-order chi connectivity index (χ1) is 11.7. The van der Waals surface area contributed by atoms with E-state index in [1.54, 1.807) is 30.3 Å². The molecule has 0 N–H and O–H groups in total. The van der Waals surface area contributed by atoms with Gasteiger partial charge in [-0.2, -0.15) is 4.73 Å². The zero-order valence-corrected chi connectivity index (χ0v) is 13.0. The first-order valence-electron chi connectivity index (χ1n) is 7.52. The number of benzene rings is 3. The highest BCUT2D eigenvalue weighted by Crippen LogP contribution is 2.25. The van der Waals surface area contributed by atoms with Gasteiger partial charge in [0.25, 0.3) is 5.69 Å². The molecule has 0 aliphatic carbocycles. The quantitative estimate of drug-likeness (QED) is 0.421. The summed E-state index contributed by atoms with van der Waals surface area (Å²) in [5.74, 6) is 0. The first kappa shape index (κ1) is 14.3. The lowest BCUT2D eigenvalue weighted by atomic mass is 10.0. The molecule has 0 aliphatic heterocycles. The molecule has 0 atom stereocenters. The zero-order chi connectivity index (χ0) is 16.7.